The molecule has 1 saturated heterocycles. The summed E-state index contributed by atoms with van der Waals surface area (Å²) in [4.78, 5) is 9.12. The van der Waals surface area contributed by atoms with Crippen molar-refractivity contribution in [1.29, 1.82) is 0 Å². The molecule has 1 aliphatic heterocycles. The lowest BCUT2D eigenvalue weighted by molar-refractivity contribution is 0.248. The highest BCUT2D eigenvalue weighted by Gasteiger charge is 2.24. The summed E-state index contributed by atoms with van der Waals surface area (Å²) in [6.45, 7) is 5.31. The fraction of sp³-hybridized carbons (Fsp3) is 0.381. The van der Waals surface area contributed by atoms with E-state index in [1.165, 1.54) is 17.4 Å². The number of likely N-dealkylation sites (tertiary alicyclic amines) is 1. The van der Waals surface area contributed by atoms with Crippen LogP contribution in [0.4, 0.5) is 0 Å². The molecule has 0 unspecified atom stereocenters. The van der Waals surface area contributed by atoms with Crippen molar-refractivity contribution in [3.63, 3.8) is 0 Å². The first-order valence-corrected chi connectivity index (χ1v) is 9.03. The zero-order valence-electron chi connectivity index (χ0n) is 14.8. The van der Waals surface area contributed by atoms with Crippen LogP contribution in [0.3, 0.4) is 0 Å². The van der Waals surface area contributed by atoms with E-state index in [0.29, 0.717) is 0 Å². The van der Waals surface area contributed by atoms with Gasteiger partial charge in [0, 0.05) is 37.4 Å². The summed E-state index contributed by atoms with van der Waals surface area (Å²) < 4.78 is 5.97. The molecule has 0 N–H and O–H groups in total. The Morgan fingerprint density at radius 3 is 3.00 bits per heavy atom. The van der Waals surface area contributed by atoms with Crippen molar-refractivity contribution >= 4 is 11.0 Å². The molecular weight excluding hydrogens is 310 g/mol. The van der Waals surface area contributed by atoms with E-state index in [2.05, 4.69) is 46.1 Å². The number of aromatic nitrogens is 1. The number of furan rings is 1. The van der Waals surface area contributed by atoms with Gasteiger partial charge in [-0.2, -0.15) is 0 Å². The highest BCUT2D eigenvalue weighted by atomic mass is 16.3. The van der Waals surface area contributed by atoms with E-state index >= 15 is 0 Å². The van der Waals surface area contributed by atoms with E-state index in [-0.39, 0.29) is 0 Å². The molecule has 4 heteroatoms. The van der Waals surface area contributed by atoms with Gasteiger partial charge in [-0.05, 0) is 49.7 Å². The van der Waals surface area contributed by atoms with E-state index in [1.807, 2.05) is 30.6 Å². The van der Waals surface area contributed by atoms with E-state index < -0.39 is 0 Å². The highest BCUT2D eigenvalue weighted by molar-refractivity contribution is 5.77. The lowest BCUT2D eigenvalue weighted by Gasteiger charge is -2.21. The lowest BCUT2D eigenvalue weighted by atomic mass is 10.1. The molecule has 0 saturated carbocycles. The summed E-state index contributed by atoms with van der Waals surface area (Å²) in [5.74, 6) is 1.80. The van der Waals surface area contributed by atoms with Gasteiger partial charge in [0.25, 0.3) is 0 Å². The van der Waals surface area contributed by atoms with Gasteiger partial charge in [0.15, 0.2) is 0 Å². The molecule has 130 valence electrons. The third-order valence-electron chi connectivity index (χ3n) is 4.97. The van der Waals surface area contributed by atoms with Crippen LogP contribution in [0, 0.1) is 5.92 Å². The summed E-state index contributed by atoms with van der Waals surface area (Å²) in [5, 5.41) is 1.20. The fourth-order valence-electron chi connectivity index (χ4n) is 3.85. The van der Waals surface area contributed by atoms with Gasteiger partial charge >= 0.3 is 0 Å². The molecule has 4 nitrogen and oxygen atoms in total. The number of fused-ring (bicyclic) bond motifs is 1. The largest absolute Gasteiger partial charge is 0.460 e. The Kier molecular flexibility index (Phi) is 4.81. The molecule has 0 spiro atoms. The second-order valence-electron chi connectivity index (χ2n) is 7.20. The van der Waals surface area contributed by atoms with Crippen molar-refractivity contribution in [3.05, 3.63) is 66.2 Å². The molecule has 4 rings (SSSR count). The molecule has 0 aliphatic carbocycles. The average molecular weight is 335 g/mol. The third-order valence-corrected chi connectivity index (χ3v) is 4.97. The summed E-state index contributed by atoms with van der Waals surface area (Å²) in [7, 11) is 2.20. The minimum Gasteiger partial charge on any atom is -0.460 e. The molecule has 1 atom stereocenters. The number of benzene rings is 1. The SMILES string of the molecule is CN(Cc1cccnc1)C[C@H]1CCN(Cc2cc3ccccc3o2)C1. The zero-order chi connectivity index (χ0) is 17.1. The Morgan fingerprint density at radius 2 is 2.16 bits per heavy atom. The van der Waals surface area contributed by atoms with Gasteiger partial charge in [0.2, 0.25) is 0 Å². The van der Waals surface area contributed by atoms with Crippen LogP contribution < -0.4 is 0 Å². The van der Waals surface area contributed by atoms with Crippen LogP contribution in [0.15, 0.2) is 59.3 Å². The normalized spacial score (nSPS) is 18.4. The average Bonchev–Trinajstić information content (AvgIpc) is 3.22. The van der Waals surface area contributed by atoms with Gasteiger partial charge in [-0.25, -0.2) is 0 Å². The Hall–Kier alpha value is -2.17. The van der Waals surface area contributed by atoms with E-state index in [9.17, 15) is 0 Å². The monoisotopic (exact) mass is 335 g/mol. The van der Waals surface area contributed by atoms with Gasteiger partial charge in [-0.3, -0.25) is 9.88 Å². The number of para-hydroxylation sites is 1. The number of nitrogens with zero attached hydrogens (tertiary/aromatic N) is 3. The van der Waals surface area contributed by atoms with Crippen molar-refractivity contribution in [1.82, 2.24) is 14.8 Å². The van der Waals surface area contributed by atoms with Crippen LogP contribution in [-0.2, 0) is 13.1 Å². The number of pyridine rings is 1. The summed E-state index contributed by atoms with van der Waals surface area (Å²) in [5.41, 5.74) is 2.27. The molecule has 0 bridgehead atoms. The van der Waals surface area contributed by atoms with E-state index in [1.54, 1.807) is 0 Å². The molecular formula is C21H25N3O. The molecule has 0 amide bonds. The first-order chi connectivity index (χ1) is 12.3. The van der Waals surface area contributed by atoms with Crippen molar-refractivity contribution < 1.29 is 4.42 Å². The Morgan fingerprint density at radius 1 is 1.24 bits per heavy atom. The van der Waals surface area contributed by atoms with Crippen LogP contribution in [0.5, 0.6) is 0 Å². The number of hydrogen-bond acceptors (Lipinski definition) is 4. The number of hydrogen-bond donors (Lipinski definition) is 0. The molecule has 1 aromatic carbocycles. The first kappa shape index (κ1) is 16.3. The van der Waals surface area contributed by atoms with Crippen LogP contribution in [-0.4, -0.2) is 41.5 Å². The first-order valence-electron chi connectivity index (χ1n) is 9.03. The Balaban J connectivity index is 1.29. The molecule has 2 aromatic heterocycles. The van der Waals surface area contributed by atoms with Gasteiger partial charge in [-0.15, -0.1) is 0 Å². The van der Waals surface area contributed by atoms with Crippen LogP contribution in [0.1, 0.15) is 17.7 Å². The second kappa shape index (κ2) is 7.38. The zero-order valence-corrected chi connectivity index (χ0v) is 14.8. The predicted octanol–water partition coefficient (Wildman–Crippen LogP) is 3.78. The van der Waals surface area contributed by atoms with Crippen molar-refractivity contribution in [3.8, 4) is 0 Å². The van der Waals surface area contributed by atoms with Crippen LogP contribution in [0.2, 0.25) is 0 Å². The maximum absolute atomic E-state index is 5.97. The molecule has 0 radical (unpaired) electrons. The maximum atomic E-state index is 5.97. The summed E-state index contributed by atoms with van der Waals surface area (Å²) in [6, 6.07) is 14.6. The van der Waals surface area contributed by atoms with E-state index in [4.69, 9.17) is 4.42 Å². The quantitative estimate of drug-likeness (QED) is 0.686. The summed E-state index contributed by atoms with van der Waals surface area (Å²) in [6.07, 6.45) is 5.05. The van der Waals surface area contributed by atoms with Crippen LogP contribution >= 0.6 is 0 Å². The van der Waals surface area contributed by atoms with Gasteiger partial charge in [0.1, 0.15) is 11.3 Å². The highest BCUT2D eigenvalue weighted by Crippen LogP contribution is 2.24. The molecule has 1 fully saturated rings. The molecule has 1 aliphatic rings. The lowest BCUT2D eigenvalue weighted by Crippen LogP contribution is -2.28. The van der Waals surface area contributed by atoms with Gasteiger partial charge in [-0.1, -0.05) is 24.3 Å². The molecule has 3 heterocycles. The predicted molar refractivity (Wildman–Crippen MR) is 100 cm³/mol. The van der Waals surface area contributed by atoms with Gasteiger partial charge < -0.3 is 9.32 Å². The van der Waals surface area contributed by atoms with Crippen molar-refractivity contribution in [2.24, 2.45) is 5.92 Å². The van der Waals surface area contributed by atoms with Crippen molar-refractivity contribution in [2.75, 3.05) is 26.7 Å². The Labute approximate surface area is 149 Å². The maximum Gasteiger partial charge on any atom is 0.134 e. The van der Waals surface area contributed by atoms with Crippen molar-refractivity contribution in [2.45, 2.75) is 19.5 Å². The minimum atomic E-state index is 0.728. The minimum absolute atomic E-state index is 0.728. The smallest absolute Gasteiger partial charge is 0.134 e. The fourth-order valence-corrected chi connectivity index (χ4v) is 3.85. The topological polar surface area (TPSA) is 32.5 Å². The Bertz CT molecular complexity index is 781. The summed E-state index contributed by atoms with van der Waals surface area (Å²) >= 11 is 0. The molecule has 25 heavy (non-hydrogen) atoms. The standard InChI is InChI=1S/C21H25N3O/c1-23(13-17-5-4-9-22-12-17)14-18-8-10-24(15-18)16-20-11-19-6-2-3-7-21(19)25-20/h2-7,9,11-12,18H,8,10,13-16H2,1H3/t18-/m1/s1. The number of rotatable bonds is 6. The molecule has 3 aromatic rings. The van der Waals surface area contributed by atoms with Gasteiger partial charge in [0.05, 0.1) is 6.54 Å². The third kappa shape index (κ3) is 4.09. The van der Waals surface area contributed by atoms with E-state index in [0.717, 1.165) is 50.0 Å². The second-order valence-corrected chi connectivity index (χ2v) is 7.20. The van der Waals surface area contributed by atoms with Crippen LogP contribution in [0.25, 0.3) is 11.0 Å².